The summed E-state index contributed by atoms with van der Waals surface area (Å²) >= 11 is 18.9. The maximum atomic E-state index is 14.6. The van der Waals surface area contributed by atoms with Gasteiger partial charge in [0.2, 0.25) is 0 Å². The summed E-state index contributed by atoms with van der Waals surface area (Å²) in [6, 6.07) is 24.2. The number of nitrogens with zero attached hydrogens (tertiary/aromatic N) is 3. The lowest BCUT2D eigenvalue weighted by atomic mass is 9.92. The van der Waals surface area contributed by atoms with E-state index in [1.54, 1.807) is 60.5 Å². The molecule has 1 fully saturated rings. The minimum absolute atomic E-state index is 0.00657. The van der Waals surface area contributed by atoms with Gasteiger partial charge in [0.05, 0.1) is 23.7 Å². The molecule has 0 radical (unpaired) electrons. The maximum absolute atomic E-state index is 14.6. The van der Waals surface area contributed by atoms with Crippen LogP contribution in [0.4, 0.5) is 4.79 Å². The first-order valence-electron chi connectivity index (χ1n) is 17.1. The van der Waals surface area contributed by atoms with Crippen molar-refractivity contribution in [1.82, 2.24) is 9.80 Å². The van der Waals surface area contributed by atoms with Crippen molar-refractivity contribution in [3.8, 4) is 23.0 Å². The lowest BCUT2D eigenvalue weighted by molar-refractivity contribution is -0.763. The predicted octanol–water partition coefficient (Wildman–Crippen LogP) is 8.67. The van der Waals surface area contributed by atoms with E-state index in [9.17, 15) is 19.7 Å². The fourth-order valence-corrected chi connectivity index (χ4v) is 6.57. The third-order valence-electron chi connectivity index (χ3n) is 8.86. The van der Waals surface area contributed by atoms with E-state index in [4.69, 9.17) is 53.8 Å². The lowest BCUT2D eigenvalue weighted by Crippen LogP contribution is -2.44. The van der Waals surface area contributed by atoms with Crippen LogP contribution >= 0.6 is 34.8 Å². The molecule has 2 amide bonds. The van der Waals surface area contributed by atoms with Crippen LogP contribution in [0.1, 0.15) is 36.0 Å². The van der Waals surface area contributed by atoms with Crippen molar-refractivity contribution >= 4 is 52.4 Å². The molecule has 4 aromatic carbocycles. The first-order valence-corrected chi connectivity index (χ1v) is 18.2. The number of benzene rings is 4. The van der Waals surface area contributed by atoms with Gasteiger partial charge >= 0.3 is 6.09 Å². The fraction of sp³-hybridized carbons (Fsp3) is 0.282. The average Bonchev–Trinajstić information content (AvgIpc) is 4.02. The van der Waals surface area contributed by atoms with Crippen molar-refractivity contribution in [2.75, 3.05) is 33.4 Å². The number of hydrogen-bond acceptors (Lipinski definition) is 9. The monoisotopic (exact) mass is 795 g/mol. The van der Waals surface area contributed by atoms with E-state index in [0.29, 0.717) is 49.9 Å². The SMILES string of the molecule is COc1cc(Cl)ccc1OCCOc1ccc(C2=C(C(=O)N(Cc3cccc(Cl)c3Cl)C3CC3)CN(C(=O)Oc3cccc(CO[N+](=O)[O-])c3)CC2)cc1. The predicted molar refractivity (Wildman–Crippen MR) is 203 cm³/mol. The summed E-state index contributed by atoms with van der Waals surface area (Å²) < 4.78 is 22.7. The maximum Gasteiger partial charge on any atom is 0.415 e. The molecule has 4 aromatic rings. The molecular formula is C39H36Cl3N3O9. The standard InChI is InChI=1S/C39H36Cl3N3O9/c1-50-36-21-28(40)10-15-35(36)52-19-18-51-30-13-8-26(9-14-30)32-16-17-43(39(47)54-31-6-2-4-25(20-31)24-53-45(48)49)23-33(32)38(46)44(29-11-12-29)22-27-5-3-7-34(41)37(27)42/h2-10,13-15,20-21,29H,11-12,16-19,22-24H2,1H3. The zero-order valence-electron chi connectivity index (χ0n) is 29.2. The minimum atomic E-state index is -0.891. The van der Waals surface area contributed by atoms with Gasteiger partial charge in [0.25, 0.3) is 11.0 Å². The summed E-state index contributed by atoms with van der Waals surface area (Å²) in [6.07, 6.45) is 1.40. The molecule has 54 heavy (non-hydrogen) atoms. The smallest absolute Gasteiger partial charge is 0.415 e. The molecule has 6 rings (SSSR count). The number of halogens is 3. The Morgan fingerprint density at radius 3 is 2.41 bits per heavy atom. The molecule has 282 valence electrons. The normalized spacial score (nSPS) is 14.0. The molecule has 1 aliphatic carbocycles. The molecule has 0 N–H and O–H groups in total. The molecule has 2 aliphatic rings. The van der Waals surface area contributed by atoms with Gasteiger partial charge in [0.15, 0.2) is 11.5 Å². The summed E-state index contributed by atoms with van der Waals surface area (Å²) in [7, 11) is 1.54. The van der Waals surface area contributed by atoms with Crippen LogP contribution in [0.25, 0.3) is 5.57 Å². The van der Waals surface area contributed by atoms with Crippen LogP contribution in [0.3, 0.4) is 0 Å². The van der Waals surface area contributed by atoms with Crippen LogP contribution in [-0.2, 0) is 22.8 Å². The minimum Gasteiger partial charge on any atom is -0.493 e. The molecule has 0 spiro atoms. The third-order valence-corrected chi connectivity index (χ3v) is 9.95. The van der Waals surface area contributed by atoms with E-state index in [-0.39, 0.29) is 57.2 Å². The van der Waals surface area contributed by atoms with E-state index in [2.05, 4.69) is 4.84 Å². The van der Waals surface area contributed by atoms with Gasteiger partial charge in [-0.05, 0) is 84.0 Å². The molecular weight excluding hydrogens is 761 g/mol. The summed E-state index contributed by atoms with van der Waals surface area (Å²) in [5, 5.41) is 11.1. The highest BCUT2D eigenvalue weighted by Crippen LogP contribution is 2.37. The number of methoxy groups -OCH3 is 1. The van der Waals surface area contributed by atoms with E-state index in [1.807, 2.05) is 30.3 Å². The zero-order chi connectivity index (χ0) is 38.2. The first kappa shape index (κ1) is 38.6. The molecule has 1 heterocycles. The summed E-state index contributed by atoms with van der Waals surface area (Å²) in [5.41, 5.74) is 3.25. The molecule has 15 heteroatoms. The third kappa shape index (κ3) is 9.87. The van der Waals surface area contributed by atoms with Crippen molar-refractivity contribution in [2.24, 2.45) is 0 Å². The van der Waals surface area contributed by atoms with Crippen molar-refractivity contribution in [3.63, 3.8) is 0 Å². The van der Waals surface area contributed by atoms with Crippen LogP contribution in [0.5, 0.6) is 23.0 Å². The highest BCUT2D eigenvalue weighted by molar-refractivity contribution is 6.42. The number of rotatable bonds is 15. The van der Waals surface area contributed by atoms with Gasteiger partial charge in [-0.25, -0.2) is 4.79 Å². The quantitative estimate of drug-likeness (QED) is 0.0659. The van der Waals surface area contributed by atoms with E-state index >= 15 is 0 Å². The number of amides is 2. The second-order valence-electron chi connectivity index (χ2n) is 12.5. The van der Waals surface area contributed by atoms with Gasteiger partial charge in [0, 0.05) is 35.8 Å². The fourth-order valence-electron chi connectivity index (χ4n) is 6.03. The van der Waals surface area contributed by atoms with Gasteiger partial charge in [-0.3, -0.25) is 4.79 Å². The van der Waals surface area contributed by atoms with Gasteiger partial charge in [-0.15, -0.1) is 10.1 Å². The number of carbonyl (C=O) groups excluding carboxylic acids is 2. The van der Waals surface area contributed by atoms with E-state index in [0.717, 1.165) is 29.5 Å². The van der Waals surface area contributed by atoms with Gasteiger partial charge in [0.1, 0.15) is 31.3 Å². The lowest BCUT2D eigenvalue weighted by Gasteiger charge is -2.33. The molecule has 0 unspecified atom stereocenters. The Morgan fingerprint density at radius 2 is 1.67 bits per heavy atom. The molecule has 0 aromatic heterocycles. The summed E-state index contributed by atoms with van der Waals surface area (Å²) in [5.74, 6) is 1.66. The Morgan fingerprint density at radius 1 is 0.907 bits per heavy atom. The molecule has 0 atom stereocenters. The van der Waals surface area contributed by atoms with Gasteiger partial charge < -0.3 is 33.6 Å². The summed E-state index contributed by atoms with van der Waals surface area (Å²) in [4.78, 5) is 46.4. The highest BCUT2D eigenvalue weighted by Gasteiger charge is 2.38. The Bertz CT molecular complexity index is 2040. The van der Waals surface area contributed by atoms with Crippen molar-refractivity contribution in [3.05, 3.63) is 132 Å². The van der Waals surface area contributed by atoms with Gasteiger partial charge in [-0.1, -0.05) is 71.2 Å². The number of ether oxygens (including phenoxy) is 4. The Kier molecular flexibility index (Phi) is 12.7. The molecule has 0 bridgehead atoms. The van der Waals surface area contributed by atoms with Crippen molar-refractivity contribution in [2.45, 2.75) is 38.5 Å². The Labute approximate surface area is 326 Å². The van der Waals surface area contributed by atoms with Crippen LogP contribution in [0.15, 0.2) is 90.5 Å². The van der Waals surface area contributed by atoms with Crippen LogP contribution < -0.4 is 18.9 Å². The van der Waals surface area contributed by atoms with Gasteiger partial charge in [-0.2, -0.15) is 0 Å². The van der Waals surface area contributed by atoms with Crippen molar-refractivity contribution in [1.29, 1.82) is 0 Å². The summed E-state index contributed by atoms with van der Waals surface area (Å²) in [6.45, 7) is 0.759. The Balaban J connectivity index is 1.20. The zero-order valence-corrected chi connectivity index (χ0v) is 31.4. The topological polar surface area (TPSA) is 130 Å². The van der Waals surface area contributed by atoms with Crippen LogP contribution in [0.2, 0.25) is 15.1 Å². The molecule has 0 saturated heterocycles. The number of hydrogen-bond donors (Lipinski definition) is 0. The second-order valence-corrected chi connectivity index (χ2v) is 13.8. The van der Waals surface area contributed by atoms with Crippen molar-refractivity contribution < 1.29 is 38.5 Å². The second kappa shape index (κ2) is 17.8. The molecule has 1 aliphatic heterocycles. The number of carbonyl (C=O) groups is 2. The Hall–Kier alpha value is -5.17. The average molecular weight is 797 g/mol. The van der Waals surface area contributed by atoms with E-state index in [1.165, 1.54) is 11.0 Å². The van der Waals surface area contributed by atoms with Crippen LogP contribution in [-0.4, -0.2) is 66.3 Å². The largest absolute Gasteiger partial charge is 0.493 e. The molecule has 12 nitrogen and oxygen atoms in total. The van der Waals surface area contributed by atoms with E-state index < -0.39 is 11.2 Å². The van der Waals surface area contributed by atoms with Crippen LogP contribution in [0, 0.1) is 10.1 Å². The molecule has 1 saturated carbocycles. The highest BCUT2D eigenvalue weighted by atomic mass is 35.5. The first-order chi connectivity index (χ1) is 26.1.